The Hall–Kier alpha value is -2.32. The number of carbonyl (C=O) groups excluding carboxylic acids is 2. The van der Waals surface area contributed by atoms with Gasteiger partial charge in [-0.25, -0.2) is 8.42 Å². The number of aryl methyl sites for hydroxylation is 1. The number of hydrogen-bond donors (Lipinski definition) is 2. The summed E-state index contributed by atoms with van der Waals surface area (Å²) in [5.74, 6) is 0.159. The zero-order chi connectivity index (χ0) is 20.3. The van der Waals surface area contributed by atoms with Crippen molar-refractivity contribution in [3.63, 3.8) is 0 Å². The van der Waals surface area contributed by atoms with Crippen LogP contribution in [0.1, 0.15) is 25.3 Å². The standard InChI is InChI=1S/C20H22N2O4S2/c1-13-4-3-5-15(10-13)21-20(24)11-14(2)28(25,26)16-6-7-18-17(12-16)22-19(23)8-9-27-18/h3-7,10,12,14H,8-9,11H2,1-2H3,(H,21,24)(H,22,23)/t14-/m0/s1. The molecule has 1 atom stereocenters. The molecule has 0 aromatic heterocycles. The second-order valence-corrected chi connectivity index (χ2v) is 10.3. The van der Waals surface area contributed by atoms with Gasteiger partial charge in [0.2, 0.25) is 11.8 Å². The monoisotopic (exact) mass is 418 g/mol. The van der Waals surface area contributed by atoms with E-state index in [2.05, 4.69) is 10.6 Å². The molecule has 0 saturated carbocycles. The van der Waals surface area contributed by atoms with Crippen LogP contribution in [0.25, 0.3) is 0 Å². The van der Waals surface area contributed by atoms with Crippen molar-refractivity contribution in [2.24, 2.45) is 0 Å². The van der Waals surface area contributed by atoms with Crippen molar-refractivity contribution in [2.45, 2.75) is 41.7 Å². The van der Waals surface area contributed by atoms with E-state index in [9.17, 15) is 18.0 Å². The molecule has 6 nitrogen and oxygen atoms in total. The SMILES string of the molecule is Cc1cccc(NC(=O)C[C@H](C)S(=O)(=O)c2ccc3c(c2)NC(=O)CCS3)c1. The van der Waals surface area contributed by atoms with E-state index in [1.165, 1.54) is 30.8 Å². The van der Waals surface area contributed by atoms with Gasteiger partial charge in [0.15, 0.2) is 9.84 Å². The van der Waals surface area contributed by atoms with Crippen molar-refractivity contribution in [1.82, 2.24) is 0 Å². The van der Waals surface area contributed by atoms with E-state index in [4.69, 9.17) is 0 Å². The largest absolute Gasteiger partial charge is 0.326 e. The average molecular weight is 419 g/mol. The van der Waals surface area contributed by atoms with E-state index in [0.29, 0.717) is 23.5 Å². The number of anilines is 2. The summed E-state index contributed by atoms with van der Waals surface area (Å²) in [7, 11) is -3.72. The fourth-order valence-electron chi connectivity index (χ4n) is 2.91. The number of rotatable bonds is 5. The average Bonchev–Trinajstić information content (AvgIpc) is 2.81. The number of amides is 2. The third-order valence-corrected chi connectivity index (χ3v) is 7.66. The summed E-state index contributed by atoms with van der Waals surface area (Å²) in [6.07, 6.45) is 0.228. The first-order valence-corrected chi connectivity index (χ1v) is 11.5. The molecule has 0 spiro atoms. The van der Waals surface area contributed by atoms with Crippen LogP contribution in [0.4, 0.5) is 11.4 Å². The van der Waals surface area contributed by atoms with Crippen LogP contribution in [-0.4, -0.2) is 31.2 Å². The third-order valence-electron chi connectivity index (χ3n) is 4.44. The Kier molecular flexibility index (Phi) is 6.10. The first-order chi connectivity index (χ1) is 13.3. The van der Waals surface area contributed by atoms with Crippen LogP contribution in [0.5, 0.6) is 0 Å². The lowest BCUT2D eigenvalue weighted by atomic mass is 10.2. The van der Waals surface area contributed by atoms with E-state index in [0.717, 1.165) is 10.5 Å². The van der Waals surface area contributed by atoms with Crippen LogP contribution >= 0.6 is 11.8 Å². The Balaban J connectivity index is 1.74. The molecule has 2 aromatic carbocycles. The molecule has 28 heavy (non-hydrogen) atoms. The van der Waals surface area contributed by atoms with Crippen molar-refractivity contribution >= 4 is 44.8 Å². The molecule has 0 fully saturated rings. The number of nitrogens with one attached hydrogen (secondary N) is 2. The van der Waals surface area contributed by atoms with Gasteiger partial charge in [0.1, 0.15) is 0 Å². The summed E-state index contributed by atoms with van der Waals surface area (Å²) < 4.78 is 25.9. The number of carbonyl (C=O) groups is 2. The number of hydrogen-bond acceptors (Lipinski definition) is 5. The molecule has 0 aliphatic carbocycles. The molecule has 1 aliphatic rings. The first kappa shape index (κ1) is 20.4. The van der Waals surface area contributed by atoms with Gasteiger partial charge < -0.3 is 10.6 Å². The van der Waals surface area contributed by atoms with Crippen LogP contribution in [-0.2, 0) is 19.4 Å². The minimum atomic E-state index is -3.72. The number of benzene rings is 2. The first-order valence-electron chi connectivity index (χ1n) is 8.93. The normalized spacial score (nSPS) is 15.1. The van der Waals surface area contributed by atoms with E-state index < -0.39 is 15.1 Å². The molecule has 0 saturated heterocycles. The molecule has 1 aliphatic heterocycles. The summed E-state index contributed by atoms with van der Waals surface area (Å²) in [6, 6.07) is 12.0. The summed E-state index contributed by atoms with van der Waals surface area (Å²) in [4.78, 5) is 25.0. The van der Waals surface area contributed by atoms with Crippen molar-refractivity contribution in [1.29, 1.82) is 0 Å². The van der Waals surface area contributed by atoms with Crippen molar-refractivity contribution < 1.29 is 18.0 Å². The molecule has 8 heteroatoms. The second-order valence-electron chi connectivity index (χ2n) is 6.78. The molecule has 1 heterocycles. The van der Waals surface area contributed by atoms with Crippen molar-refractivity contribution in [2.75, 3.05) is 16.4 Å². The molecular formula is C20H22N2O4S2. The van der Waals surface area contributed by atoms with Crippen LogP contribution in [0.2, 0.25) is 0 Å². The molecule has 148 valence electrons. The van der Waals surface area contributed by atoms with E-state index >= 15 is 0 Å². The van der Waals surface area contributed by atoms with Crippen molar-refractivity contribution in [3.05, 3.63) is 48.0 Å². The number of thioether (sulfide) groups is 1. The highest BCUT2D eigenvalue weighted by atomic mass is 32.2. The molecule has 3 rings (SSSR count). The zero-order valence-corrected chi connectivity index (χ0v) is 17.3. The van der Waals surface area contributed by atoms with Gasteiger partial charge in [-0.2, -0.15) is 0 Å². The fourth-order valence-corrected chi connectivity index (χ4v) is 5.23. The Morgan fingerprint density at radius 1 is 1.25 bits per heavy atom. The van der Waals surface area contributed by atoms with Gasteiger partial charge in [-0.3, -0.25) is 9.59 Å². The maximum Gasteiger partial charge on any atom is 0.225 e. The smallest absolute Gasteiger partial charge is 0.225 e. The highest BCUT2D eigenvalue weighted by Crippen LogP contribution is 2.33. The number of fused-ring (bicyclic) bond motifs is 1. The maximum absolute atomic E-state index is 12.9. The summed E-state index contributed by atoms with van der Waals surface area (Å²) >= 11 is 1.51. The van der Waals surface area contributed by atoms with Gasteiger partial charge in [0, 0.05) is 29.2 Å². The van der Waals surface area contributed by atoms with Crippen LogP contribution in [0.3, 0.4) is 0 Å². The summed E-state index contributed by atoms with van der Waals surface area (Å²) in [5, 5.41) is 4.59. The maximum atomic E-state index is 12.9. The van der Waals surface area contributed by atoms with Gasteiger partial charge in [-0.05, 0) is 49.7 Å². The molecular weight excluding hydrogens is 396 g/mol. The molecule has 2 aromatic rings. The predicted octanol–water partition coefficient (Wildman–Crippen LogP) is 3.62. The molecule has 0 unspecified atom stereocenters. The van der Waals surface area contributed by atoms with Crippen LogP contribution in [0.15, 0.2) is 52.3 Å². The van der Waals surface area contributed by atoms with Crippen LogP contribution < -0.4 is 10.6 Å². The fraction of sp³-hybridized carbons (Fsp3) is 0.300. The predicted molar refractivity (Wildman–Crippen MR) is 111 cm³/mol. The lowest BCUT2D eigenvalue weighted by Crippen LogP contribution is -2.25. The molecule has 0 bridgehead atoms. The highest BCUT2D eigenvalue weighted by Gasteiger charge is 2.27. The Labute approximate surface area is 169 Å². The van der Waals surface area contributed by atoms with E-state index in [1.54, 1.807) is 12.1 Å². The van der Waals surface area contributed by atoms with E-state index in [-0.39, 0.29) is 23.1 Å². The second kappa shape index (κ2) is 8.36. The third kappa shape index (κ3) is 4.74. The molecule has 0 radical (unpaired) electrons. The van der Waals surface area contributed by atoms with Gasteiger partial charge in [0.25, 0.3) is 0 Å². The van der Waals surface area contributed by atoms with Crippen molar-refractivity contribution in [3.8, 4) is 0 Å². The zero-order valence-electron chi connectivity index (χ0n) is 15.7. The molecule has 2 N–H and O–H groups in total. The van der Waals surface area contributed by atoms with Gasteiger partial charge in [0.05, 0.1) is 15.8 Å². The Morgan fingerprint density at radius 3 is 2.79 bits per heavy atom. The van der Waals surface area contributed by atoms with Gasteiger partial charge in [-0.1, -0.05) is 12.1 Å². The van der Waals surface area contributed by atoms with Gasteiger partial charge >= 0.3 is 0 Å². The summed E-state index contributed by atoms with van der Waals surface area (Å²) in [5.41, 5.74) is 2.15. The van der Waals surface area contributed by atoms with Gasteiger partial charge in [-0.15, -0.1) is 11.8 Å². The quantitative estimate of drug-likeness (QED) is 0.774. The minimum absolute atomic E-state index is 0.102. The lowest BCUT2D eigenvalue weighted by Gasteiger charge is -2.15. The topological polar surface area (TPSA) is 92.3 Å². The Bertz CT molecular complexity index is 1020. The lowest BCUT2D eigenvalue weighted by molar-refractivity contribution is -0.116. The molecule has 2 amide bonds. The minimum Gasteiger partial charge on any atom is -0.326 e. The highest BCUT2D eigenvalue weighted by molar-refractivity contribution is 7.99. The van der Waals surface area contributed by atoms with Crippen LogP contribution in [0, 0.1) is 6.92 Å². The Morgan fingerprint density at radius 2 is 2.04 bits per heavy atom. The van der Waals surface area contributed by atoms with E-state index in [1.807, 2.05) is 25.1 Å². The summed E-state index contributed by atoms with van der Waals surface area (Å²) in [6.45, 7) is 3.43. The number of sulfone groups is 1.